The Morgan fingerprint density at radius 3 is 2.90 bits per heavy atom. The molecule has 20 heavy (non-hydrogen) atoms. The maximum Gasteiger partial charge on any atom is 0.203 e. The van der Waals surface area contributed by atoms with Crippen LogP contribution in [0.4, 0.5) is 5.13 Å². The fraction of sp³-hybridized carbons (Fsp3) is 0.286. The van der Waals surface area contributed by atoms with Crippen molar-refractivity contribution in [2.45, 2.75) is 25.7 Å². The number of nitrogens with zero attached hydrogens (tertiary/aromatic N) is 2. The third-order valence-electron chi connectivity index (χ3n) is 3.17. The van der Waals surface area contributed by atoms with Gasteiger partial charge in [0.05, 0.1) is 16.9 Å². The molecule has 0 amide bonds. The van der Waals surface area contributed by atoms with Crippen molar-refractivity contribution in [3.05, 3.63) is 44.4 Å². The van der Waals surface area contributed by atoms with Gasteiger partial charge < -0.3 is 0 Å². The molecule has 0 spiro atoms. The van der Waals surface area contributed by atoms with E-state index in [1.807, 2.05) is 6.07 Å². The Kier molecular flexibility index (Phi) is 4.24. The first kappa shape index (κ1) is 13.9. The molecule has 1 aliphatic rings. The topological polar surface area (TPSA) is 37.3 Å². The second kappa shape index (κ2) is 6.12. The van der Waals surface area contributed by atoms with E-state index >= 15 is 0 Å². The summed E-state index contributed by atoms with van der Waals surface area (Å²) in [4.78, 5) is 5.95. The van der Waals surface area contributed by atoms with Crippen LogP contribution < -0.4 is 5.43 Å². The number of nitrogens with one attached hydrogen (secondary N) is 1. The lowest BCUT2D eigenvalue weighted by Crippen LogP contribution is -1.99. The van der Waals surface area contributed by atoms with Gasteiger partial charge in [-0.05, 0) is 37.8 Å². The summed E-state index contributed by atoms with van der Waals surface area (Å²) in [5, 5.41) is 6.24. The van der Waals surface area contributed by atoms with E-state index in [0.29, 0.717) is 10.0 Å². The minimum atomic E-state index is 0.585. The van der Waals surface area contributed by atoms with Crippen LogP contribution in [0.2, 0.25) is 10.0 Å². The molecule has 0 bridgehead atoms. The number of rotatable bonds is 3. The standard InChI is InChI=1S/C14H13Cl2N3S/c15-10-6-5-9(11(16)7-10)8-17-19-14-18-12-3-1-2-4-13(12)20-14/h5-8H,1-4H2,(H,18,19). The van der Waals surface area contributed by atoms with E-state index in [0.717, 1.165) is 23.5 Å². The van der Waals surface area contributed by atoms with Crippen molar-refractivity contribution in [3.8, 4) is 0 Å². The fourth-order valence-electron chi connectivity index (χ4n) is 2.16. The molecule has 3 nitrogen and oxygen atoms in total. The fourth-order valence-corrected chi connectivity index (χ4v) is 3.62. The Bertz CT molecular complexity index is 628. The molecule has 1 aliphatic carbocycles. The Balaban J connectivity index is 1.69. The van der Waals surface area contributed by atoms with Gasteiger partial charge in [0.1, 0.15) is 0 Å². The van der Waals surface area contributed by atoms with Crippen molar-refractivity contribution in [1.29, 1.82) is 0 Å². The molecule has 0 saturated carbocycles. The monoisotopic (exact) mass is 325 g/mol. The molecule has 104 valence electrons. The number of benzene rings is 1. The summed E-state index contributed by atoms with van der Waals surface area (Å²) < 4.78 is 0. The lowest BCUT2D eigenvalue weighted by Gasteiger charge is -2.06. The van der Waals surface area contributed by atoms with Gasteiger partial charge in [0.15, 0.2) is 0 Å². The van der Waals surface area contributed by atoms with Crippen molar-refractivity contribution < 1.29 is 0 Å². The minimum Gasteiger partial charge on any atom is -0.253 e. The van der Waals surface area contributed by atoms with Gasteiger partial charge >= 0.3 is 0 Å². The highest BCUT2D eigenvalue weighted by atomic mass is 35.5. The first-order valence-corrected chi connectivity index (χ1v) is 8.02. The highest BCUT2D eigenvalue weighted by Gasteiger charge is 2.14. The molecule has 0 radical (unpaired) electrons. The lowest BCUT2D eigenvalue weighted by molar-refractivity contribution is 0.682. The zero-order chi connectivity index (χ0) is 13.9. The van der Waals surface area contributed by atoms with Gasteiger partial charge in [0.25, 0.3) is 0 Å². The summed E-state index contributed by atoms with van der Waals surface area (Å²) in [7, 11) is 0. The minimum absolute atomic E-state index is 0.585. The van der Waals surface area contributed by atoms with Crippen molar-refractivity contribution in [1.82, 2.24) is 4.98 Å². The first-order chi connectivity index (χ1) is 9.72. The quantitative estimate of drug-likeness (QED) is 0.651. The van der Waals surface area contributed by atoms with Gasteiger partial charge in [-0.25, -0.2) is 4.98 Å². The summed E-state index contributed by atoms with van der Waals surface area (Å²) in [6.07, 6.45) is 6.40. The molecule has 1 N–H and O–H groups in total. The molecule has 1 heterocycles. The number of halogens is 2. The summed E-state index contributed by atoms with van der Waals surface area (Å²) in [5.41, 5.74) is 5.03. The smallest absolute Gasteiger partial charge is 0.203 e. The van der Waals surface area contributed by atoms with Gasteiger partial charge in [-0.2, -0.15) is 5.10 Å². The van der Waals surface area contributed by atoms with Crippen LogP contribution in [0.25, 0.3) is 0 Å². The van der Waals surface area contributed by atoms with E-state index in [-0.39, 0.29) is 0 Å². The van der Waals surface area contributed by atoms with Crippen LogP contribution in [-0.4, -0.2) is 11.2 Å². The average molecular weight is 326 g/mol. The molecule has 0 unspecified atom stereocenters. The van der Waals surface area contributed by atoms with Crippen molar-refractivity contribution in [2.75, 3.05) is 5.43 Å². The van der Waals surface area contributed by atoms with Gasteiger partial charge in [-0.3, -0.25) is 5.43 Å². The molecule has 0 fully saturated rings. The third-order valence-corrected chi connectivity index (χ3v) is 4.80. The van der Waals surface area contributed by atoms with Crippen LogP contribution in [0.1, 0.15) is 29.0 Å². The number of aryl methyl sites for hydroxylation is 2. The molecule has 0 atom stereocenters. The predicted molar refractivity (Wildman–Crippen MR) is 86.4 cm³/mol. The van der Waals surface area contributed by atoms with Crippen LogP contribution in [0, 0.1) is 0 Å². The van der Waals surface area contributed by atoms with Gasteiger partial charge in [0.2, 0.25) is 5.13 Å². The van der Waals surface area contributed by atoms with E-state index in [4.69, 9.17) is 23.2 Å². The SMILES string of the molecule is Clc1ccc(C=NNc2nc3c(s2)CCCC3)c(Cl)c1. The number of hydrogen-bond acceptors (Lipinski definition) is 4. The maximum absolute atomic E-state index is 6.08. The van der Waals surface area contributed by atoms with Crippen LogP contribution in [-0.2, 0) is 12.8 Å². The summed E-state index contributed by atoms with van der Waals surface area (Å²) in [6.45, 7) is 0. The zero-order valence-electron chi connectivity index (χ0n) is 10.7. The third kappa shape index (κ3) is 3.14. The Morgan fingerprint density at radius 1 is 1.25 bits per heavy atom. The van der Waals surface area contributed by atoms with Crippen LogP contribution in [0.3, 0.4) is 0 Å². The number of hydrogen-bond donors (Lipinski definition) is 1. The molecule has 2 aromatic rings. The highest BCUT2D eigenvalue weighted by Crippen LogP contribution is 2.29. The molecular weight excluding hydrogens is 313 g/mol. The van der Waals surface area contributed by atoms with E-state index in [1.165, 1.54) is 23.4 Å². The summed E-state index contributed by atoms with van der Waals surface area (Å²) >= 11 is 13.6. The number of aromatic nitrogens is 1. The van der Waals surface area contributed by atoms with Gasteiger partial charge in [0, 0.05) is 15.5 Å². The largest absolute Gasteiger partial charge is 0.253 e. The summed E-state index contributed by atoms with van der Waals surface area (Å²) in [5.74, 6) is 0. The molecule has 0 saturated heterocycles. The van der Waals surface area contributed by atoms with Crippen LogP contribution >= 0.6 is 34.5 Å². The second-order valence-electron chi connectivity index (χ2n) is 4.63. The van der Waals surface area contributed by atoms with Gasteiger partial charge in [-0.1, -0.05) is 29.3 Å². The highest BCUT2D eigenvalue weighted by molar-refractivity contribution is 7.15. The van der Waals surface area contributed by atoms with E-state index in [9.17, 15) is 0 Å². The molecule has 3 rings (SSSR count). The van der Waals surface area contributed by atoms with Crippen molar-refractivity contribution in [3.63, 3.8) is 0 Å². The number of thiazole rings is 1. The van der Waals surface area contributed by atoms with E-state index in [2.05, 4.69) is 15.5 Å². The Hall–Kier alpha value is -1.10. The number of hydrazone groups is 1. The molecule has 1 aromatic carbocycles. The number of anilines is 1. The average Bonchev–Trinajstić information content (AvgIpc) is 2.84. The molecule has 0 aliphatic heterocycles. The van der Waals surface area contributed by atoms with E-state index < -0.39 is 0 Å². The molecule has 6 heteroatoms. The molecular formula is C14H13Cl2N3S. The van der Waals surface area contributed by atoms with Crippen molar-refractivity contribution in [2.24, 2.45) is 5.10 Å². The first-order valence-electron chi connectivity index (χ1n) is 6.45. The number of fused-ring (bicyclic) bond motifs is 1. The van der Waals surface area contributed by atoms with Gasteiger partial charge in [-0.15, -0.1) is 11.3 Å². The maximum atomic E-state index is 6.08. The lowest BCUT2D eigenvalue weighted by atomic mass is 10.0. The van der Waals surface area contributed by atoms with Crippen LogP contribution in [0.15, 0.2) is 23.3 Å². The second-order valence-corrected chi connectivity index (χ2v) is 6.56. The van der Waals surface area contributed by atoms with Crippen LogP contribution in [0.5, 0.6) is 0 Å². The predicted octanol–water partition coefficient (Wildman–Crippen LogP) is 4.77. The molecule has 1 aromatic heterocycles. The van der Waals surface area contributed by atoms with Crippen molar-refractivity contribution >= 4 is 45.9 Å². The summed E-state index contributed by atoms with van der Waals surface area (Å²) in [6, 6.07) is 5.33. The Labute approximate surface area is 131 Å². The Morgan fingerprint density at radius 2 is 2.10 bits per heavy atom. The van der Waals surface area contributed by atoms with E-state index in [1.54, 1.807) is 29.7 Å². The normalized spacial score (nSPS) is 14.5. The zero-order valence-corrected chi connectivity index (χ0v) is 13.0.